The van der Waals surface area contributed by atoms with Gasteiger partial charge in [0, 0.05) is 12.0 Å². The van der Waals surface area contributed by atoms with E-state index in [-0.39, 0.29) is 24.8 Å². The molecular formula is C20H18N2O4S. The number of hydrogen-bond acceptors (Lipinski definition) is 5. The van der Waals surface area contributed by atoms with Gasteiger partial charge in [-0.3, -0.25) is 4.79 Å². The van der Waals surface area contributed by atoms with E-state index in [4.69, 9.17) is 10.00 Å². The maximum Gasteiger partial charge on any atom is 0.261 e. The monoisotopic (exact) mass is 382 g/mol. The van der Waals surface area contributed by atoms with Crippen molar-refractivity contribution in [3.05, 3.63) is 77.2 Å². The fourth-order valence-corrected chi connectivity index (χ4v) is 4.13. The summed E-state index contributed by atoms with van der Waals surface area (Å²) in [5.41, 5.74) is 1.23. The number of ether oxygens (including phenoxy) is 1. The average molecular weight is 382 g/mol. The Bertz CT molecular complexity index is 994. The van der Waals surface area contributed by atoms with Gasteiger partial charge in [-0.2, -0.15) is 5.26 Å². The lowest BCUT2D eigenvalue weighted by atomic mass is 10.1. The molecule has 1 heterocycles. The van der Waals surface area contributed by atoms with Gasteiger partial charge in [0.2, 0.25) is 0 Å². The lowest BCUT2D eigenvalue weighted by molar-refractivity contribution is -0.135. The van der Waals surface area contributed by atoms with Gasteiger partial charge in [-0.05, 0) is 23.8 Å². The summed E-state index contributed by atoms with van der Waals surface area (Å²) in [6.45, 7) is -0.0105. The van der Waals surface area contributed by atoms with Crippen LogP contribution < -0.4 is 4.74 Å². The van der Waals surface area contributed by atoms with E-state index in [2.05, 4.69) is 0 Å². The molecular weight excluding hydrogens is 364 g/mol. The molecule has 0 saturated carbocycles. The molecule has 1 atom stereocenters. The van der Waals surface area contributed by atoms with Gasteiger partial charge >= 0.3 is 0 Å². The Morgan fingerprint density at radius 2 is 1.85 bits per heavy atom. The van der Waals surface area contributed by atoms with Gasteiger partial charge < -0.3 is 9.64 Å². The highest BCUT2D eigenvalue weighted by molar-refractivity contribution is 7.94. The number of benzene rings is 2. The molecule has 2 aromatic carbocycles. The molecule has 1 amide bonds. The minimum absolute atomic E-state index is 0.139. The van der Waals surface area contributed by atoms with Crippen molar-refractivity contribution in [2.45, 2.75) is 12.6 Å². The minimum atomic E-state index is -3.30. The lowest BCUT2D eigenvalue weighted by Crippen LogP contribution is -2.42. The molecule has 0 unspecified atom stereocenters. The van der Waals surface area contributed by atoms with Crippen LogP contribution in [0.3, 0.4) is 0 Å². The Balaban J connectivity index is 1.76. The van der Waals surface area contributed by atoms with Crippen LogP contribution in [0.1, 0.15) is 11.1 Å². The second-order valence-electron chi connectivity index (χ2n) is 6.13. The third-order valence-corrected chi connectivity index (χ3v) is 5.56. The van der Waals surface area contributed by atoms with E-state index in [1.807, 2.05) is 36.4 Å². The molecule has 0 N–H and O–H groups in total. The minimum Gasteiger partial charge on any atom is -0.482 e. The summed E-state index contributed by atoms with van der Waals surface area (Å²) in [6, 6.07) is 17.5. The Morgan fingerprint density at radius 1 is 1.15 bits per heavy atom. The number of nitriles is 1. The summed E-state index contributed by atoms with van der Waals surface area (Å²) in [4.78, 5) is 14.3. The Kier molecular flexibility index (Phi) is 5.57. The molecule has 0 aliphatic carbocycles. The SMILES string of the molecule is N#Cc1ccccc1OCC(=O)N(Cc1ccccc1)[C@H]1C=CS(=O)(=O)C1. The van der Waals surface area contributed by atoms with Gasteiger partial charge in [-0.1, -0.05) is 42.5 Å². The number of rotatable bonds is 6. The first kappa shape index (κ1) is 18.7. The topological polar surface area (TPSA) is 87.5 Å². The van der Waals surface area contributed by atoms with Crippen molar-refractivity contribution in [2.75, 3.05) is 12.4 Å². The van der Waals surface area contributed by atoms with Crippen molar-refractivity contribution in [1.82, 2.24) is 4.90 Å². The van der Waals surface area contributed by atoms with Crippen molar-refractivity contribution in [2.24, 2.45) is 0 Å². The molecule has 2 aromatic rings. The number of nitrogens with zero attached hydrogens (tertiary/aromatic N) is 2. The number of para-hydroxylation sites is 1. The maximum atomic E-state index is 12.8. The molecule has 0 spiro atoms. The normalized spacial score (nSPS) is 17.2. The van der Waals surface area contributed by atoms with Gasteiger partial charge in [0.1, 0.15) is 11.8 Å². The summed E-state index contributed by atoms with van der Waals surface area (Å²) in [5.74, 6) is -0.165. The highest BCUT2D eigenvalue weighted by atomic mass is 32.2. The van der Waals surface area contributed by atoms with Gasteiger partial charge in [-0.15, -0.1) is 0 Å². The fraction of sp³-hybridized carbons (Fsp3) is 0.200. The van der Waals surface area contributed by atoms with Gasteiger partial charge in [0.25, 0.3) is 5.91 Å². The van der Waals surface area contributed by atoms with Crippen molar-refractivity contribution in [3.8, 4) is 11.8 Å². The second kappa shape index (κ2) is 8.06. The van der Waals surface area contributed by atoms with E-state index in [1.165, 1.54) is 11.0 Å². The molecule has 138 valence electrons. The van der Waals surface area contributed by atoms with Gasteiger partial charge in [0.15, 0.2) is 16.4 Å². The van der Waals surface area contributed by atoms with E-state index >= 15 is 0 Å². The van der Waals surface area contributed by atoms with Crippen molar-refractivity contribution in [3.63, 3.8) is 0 Å². The van der Waals surface area contributed by atoms with Crippen LogP contribution in [0.4, 0.5) is 0 Å². The molecule has 0 radical (unpaired) electrons. The first-order chi connectivity index (χ1) is 13.0. The summed E-state index contributed by atoms with van der Waals surface area (Å²) >= 11 is 0. The highest BCUT2D eigenvalue weighted by Gasteiger charge is 2.30. The molecule has 0 fully saturated rings. The van der Waals surface area contributed by atoms with E-state index in [9.17, 15) is 13.2 Å². The quantitative estimate of drug-likeness (QED) is 0.765. The molecule has 3 rings (SSSR count). The van der Waals surface area contributed by atoms with E-state index in [0.29, 0.717) is 11.3 Å². The zero-order chi connectivity index (χ0) is 19.3. The largest absolute Gasteiger partial charge is 0.482 e. The van der Waals surface area contributed by atoms with Crippen LogP contribution in [0.25, 0.3) is 0 Å². The van der Waals surface area contributed by atoms with Crippen LogP contribution in [0.5, 0.6) is 5.75 Å². The van der Waals surface area contributed by atoms with E-state index in [0.717, 1.165) is 11.0 Å². The number of hydrogen-bond donors (Lipinski definition) is 0. The fourth-order valence-electron chi connectivity index (χ4n) is 2.83. The van der Waals surface area contributed by atoms with Crippen molar-refractivity contribution >= 4 is 15.7 Å². The first-order valence-corrected chi connectivity index (χ1v) is 10.1. The standard InChI is InChI=1S/C20H18N2O4S/c21-12-17-8-4-5-9-19(17)26-14-20(23)22(13-16-6-2-1-3-7-16)18-10-11-27(24,25)15-18/h1-11,18H,13-15H2/t18-/m0/s1. The van der Waals surface area contributed by atoms with Gasteiger partial charge in [0.05, 0.1) is 17.4 Å². The number of carbonyl (C=O) groups excluding carboxylic acids is 1. The predicted octanol–water partition coefficient (Wildman–Crippen LogP) is 2.28. The third-order valence-electron chi connectivity index (χ3n) is 4.19. The van der Waals surface area contributed by atoms with Crippen LogP contribution >= 0.6 is 0 Å². The van der Waals surface area contributed by atoms with Crippen LogP contribution in [-0.4, -0.2) is 37.6 Å². The Hall–Kier alpha value is -3.11. The summed E-state index contributed by atoms with van der Waals surface area (Å²) < 4.78 is 29.1. The van der Waals surface area contributed by atoms with Gasteiger partial charge in [-0.25, -0.2) is 8.42 Å². The highest BCUT2D eigenvalue weighted by Crippen LogP contribution is 2.20. The lowest BCUT2D eigenvalue weighted by Gasteiger charge is -2.27. The van der Waals surface area contributed by atoms with Crippen molar-refractivity contribution < 1.29 is 17.9 Å². The maximum absolute atomic E-state index is 12.8. The summed E-state index contributed by atoms with van der Waals surface area (Å²) in [7, 11) is -3.30. The zero-order valence-electron chi connectivity index (χ0n) is 14.5. The molecule has 0 saturated heterocycles. The second-order valence-corrected chi connectivity index (χ2v) is 8.06. The van der Waals surface area contributed by atoms with Crippen LogP contribution in [0.15, 0.2) is 66.1 Å². The number of sulfone groups is 1. The van der Waals surface area contributed by atoms with Crippen LogP contribution in [-0.2, 0) is 21.2 Å². The smallest absolute Gasteiger partial charge is 0.261 e. The predicted molar refractivity (Wildman–Crippen MR) is 100 cm³/mol. The zero-order valence-corrected chi connectivity index (χ0v) is 15.3. The molecule has 7 heteroatoms. The van der Waals surface area contributed by atoms with Crippen LogP contribution in [0, 0.1) is 11.3 Å². The average Bonchev–Trinajstić information content (AvgIpc) is 3.04. The molecule has 1 aliphatic heterocycles. The summed E-state index contributed by atoms with van der Waals surface area (Å²) in [5, 5.41) is 10.3. The molecule has 1 aliphatic rings. The third kappa shape index (κ3) is 4.74. The molecule has 0 aromatic heterocycles. The van der Waals surface area contributed by atoms with E-state index in [1.54, 1.807) is 24.3 Å². The van der Waals surface area contributed by atoms with Crippen molar-refractivity contribution in [1.29, 1.82) is 5.26 Å². The molecule has 6 nitrogen and oxygen atoms in total. The first-order valence-electron chi connectivity index (χ1n) is 8.35. The number of amides is 1. The van der Waals surface area contributed by atoms with Crippen LogP contribution in [0.2, 0.25) is 0 Å². The Labute approximate surface area is 158 Å². The van der Waals surface area contributed by atoms with E-state index < -0.39 is 15.9 Å². The summed E-state index contributed by atoms with van der Waals surface area (Å²) in [6.07, 6.45) is 1.53. The molecule has 27 heavy (non-hydrogen) atoms. The number of carbonyl (C=O) groups is 1. The molecule has 0 bridgehead atoms. The Morgan fingerprint density at radius 3 is 2.52 bits per heavy atom.